The second-order valence-corrected chi connectivity index (χ2v) is 9.59. The van der Waals surface area contributed by atoms with Crippen LogP contribution in [0.15, 0.2) is 24.8 Å². The molecule has 0 aromatic carbocycles. The van der Waals surface area contributed by atoms with Gasteiger partial charge in [0.05, 0.1) is 18.1 Å². The van der Waals surface area contributed by atoms with Crippen molar-refractivity contribution < 1.29 is 18.0 Å². The van der Waals surface area contributed by atoms with Crippen molar-refractivity contribution in [1.82, 2.24) is 24.2 Å². The summed E-state index contributed by atoms with van der Waals surface area (Å²) in [4.78, 5) is 18.7. The second-order valence-electron chi connectivity index (χ2n) is 9.59. The van der Waals surface area contributed by atoms with E-state index in [9.17, 15) is 18.0 Å². The normalized spacial score (nSPS) is 24.6. The molecule has 7 nitrogen and oxygen atoms in total. The van der Waals surface area contributed by atoms with Gasteiger partial charge in [0.25, 0.3) is 0 Å². The van der Waals surface area contributed by atoms with Crippen molar-refractivity contribution in [3.05, 3.63) is 30.5 Å². The first-order valence-electron chi connectivity index (χ1n) is 10.7. The number of hydrogen-bond donors (Lipinski definition) is 1. The highest BCUT2D eigenvalue weighted by molar-refractivity contribution is 5.76. The summed E-state index contributed by atoms with van der Waals surface area (Å²) in [6, 6.07) is -0.641. The number of aromatic nitrogens is 4. The van der Waals surface area contributed by atoms with Crippen molar-refractivity contribution in [3.63, 3.8) is 0 Å². The summed E-state index contributed by atoms with van der Waals surface area (Å²) < 4.78 is 44.4. The number of rotatable bonds is 3. The number of fused-ring (bicyclic) bond motifs is 1. The van der Waals surface area contributed by atoms with E-state index in [4.69, 9.17) is 0 Å². The van der Waals surface area contributed by atoms with Gasteiger partial charge < -0.3 is 14.8 Å². The molecule has 0 aliphatic carbocycles. The van der Waals surface area contributed by atoms with E-state index in [-0.39, 0.29) is 36.4 Å². The van der Waals surface area contributed by atoms with Crippen LogP contribution in [0, 0.1) is 5.41 Å². The number of amides is 1. The maximum Gasteiger partial charge on any atom is 0.410 e. The van der Waals surface area contributed by atoms with Crippen LogP contribution in [0.3, 0.4) is 0 Å². The number of imidazole rings is 1. The Morgan fingerprint density at radius 3 is 2.68 bits per heavy atom. The van der Waals surface area contributed by atoms with Gasteiger partial charge in [0, 0.05) is 31.0 Å². The molecule has 2 aliphatic rings. The maximum absolute atomic E-state index is 13.9. The molecular weight excluding hydrogens is 409 g/mol. The Morgan fingerprint density at radius 1 is 1.26 bits per heavy atom. The molecule has 1 amide bonds. The quantitative estimate of drug-likeness (QED) is 0.781. The van der Waals surface area contributed by atoms with Crippen LogP contribution in [-0.4, -0.2) is 48.9 Å². The Balaban J connectivity index is 1.64. The predicted octanol–water partition coefficient (Wildman–Crippen LogP) is 4.17. The predicted molar refractivity (Wildman–Crippen MR) is 109 cm³/mol. The summed E-state index contributed by atoms with van der Waals surface area (Å²) in [6.45, 7) is 6.52. The highest BCUT2D eigenvalue weighted by Gasteiger charge is 2.48. The molecule has 2 aliphatic heterocycles. The molecule has 1 fully saturated rings. The molecule has 4 heterocycles. The summed E-state index contributed by atoms with van der Waals surface area (Å²) in [5.74, 6) is 0.289. The van der Waals surface area contributed by atoms with Crippen molar-refractivity contribution in [3.8, 4) is 0 Å². The van der Waals surface area contributed by atoms with Crippen LogP contribution in [-0.2, 0) is 11.3 Å². The van der Waals surface area contributed by atoms with Gasteiger partial charge in [-0.15, -0.1) is 0 Å². The van der Waals surface area contributed by atoms with Crippen LogP contribution in [0.25, 0.3) is 0 Å². The molecule has 3 atom stereocenters. The van der Waals surface area contributed by atoms with Gasteiger partial charge in [-0.1, -0.05) is 20.8 Å². The second kappa shape index (κ2) is 7.87. The lowest BCUT2D eigenvalue weighted by molar-refractivity contribution is -0.175. The molecule has 0 saturated carbocycles. The van der Waals surface area contributed by atoms with Crippen molar-refractivity contribution in [2.24, 2.45) is 5.41 Å². The fraction of sp³-hybridized carbons (Fsp3) is 0.667. The zero-order chi connectivity index (χ0) is 22.4. The number of carbonyl (C=O) groups excluding carboxylic acids is 1. The van der Waals surface area contributed by atoms with Crippen LogP contribution < -0.4 is 5.32 Å². The van der Waals surface area contributed by atoms with E-state index >= 15 is 0 Å². The van der Waals surface area contributed by atoms with Gasteiger partial charge in [-0.3, -0.25) is 4.79 Å². The molecule has 4 rings (SSSR count). The van der Waals surface area contributed by atoms with Crippen molar-refractivity contribution >= 4 is 11.7 Å². The number of likely N-dealkylation sites (tertiary alicyclic amines) is 1. The Hall–Kier alpha value is -2.52. The Bertz CT molecular complexity index is 915. The number of alkyl halides is 3. The van der Waals surface area contributed by atoms with Gasteiger partial charge in [0.15, 0.2) is 6.04 Å². The number of halogens is 3. The van der Waals surface area contributed by atoms with E-state index in [1.165, 1.54) is 0 Å². The lowest BCUT2D eigenvalue weighted by atomic mass is 9.82. The molecule has 0 radical (unpaired) electrons. The minimum absolute atomic E-state index is 0.0743. The third kappa shape index (κ3) is 4.43. The minimum Gasteiger partial charge on any atom is -0.367 e. The summed E-state index contributed by atoms with van der Waals surface area (Å²) in [7, 11) is 0. The molecular formula is C21H29F3N6O. The van der Waals surface area contributed by atoms with Gasteiger partial charge in [0.1, 0.15) is 12.4 Å². The highest BCUT2D eigenvalue weighted by Crippen LogP contribution is 2.44. The average Bonchev–Trinajstić information content (AvgIpc) is 3.34. The third-order valence-electron chi connectivity index (χ3n) is 6.30. The molecule has 2 aromatic heterocycles. The van der Waals surface area contributed by atoms with Crippen LogP contribution in [0.5, 0.6) is 0 Å². The molecule has 170 valence electrons. The molecule has 2 aromatic rings. The highest BCUT2D eigenvalue weighted by atomic mass is 19.4. The zero-order valence-corrected chi connectivity index (χ0v) is 18.1. The third-order valence-corrected chi connectivity index (χ3v) is 6.30. The summed E-state index contributed by atoms with van der Waals surface area (Å²) in [5.41, 5.74) is 0.182. The molecule has 1 saturated heterocycles. The monoisotopic (exact) mass is 438 g/mol. The van der Waals surface area contributed by atoms with Crippen molar-refractivity contribution in [2.45, 2.75) is 77.3 Å². The number of nitrogens with one attached hydrogen (secondary N) is 1. The minimum atomic E-state index is -4.40. The fourth-order valence-corrected chi connectivity index (χ4v) is 4.49. The first-order valence-corrected chi connectivity index (χ1v) is 10.7. The number of nitrogens with zero attached hydrogens (tertiary/aromatic N) is 5. The smallest absolute Gasteiger partial charge is 0.367 e. The number of carbonyl (C=O) groups is 1. The largest absolute Gasteiger partial charge is 0.410 e. The van der Waals surface area contributed by atoms with Crippen LogP contribution in [0.2, 0.25) is 0 Å². The zero-order valence-electron chi connectivity index (χ0n) is 18.1. The molecule has 10 heteroatoms. The summed E-state index contributed by atoms with van der Waals surface area (Å²) >= 11 is 0. The van der Waals surface area contributed by atoms with Gasteiger partial charge in [0.2, 0.25) is 5.91 Å². The topological polar surface area (TPSA) is 68.0 Å². The Morgan fingerprint density at radius 2 is 2.03 bits per heavy atom. The molecule has 0 spiro atoms. The first kappa shape index (κ1) is 21.7. The summed E-state index contributed by atoms with van der Waals surface area (Å²) in [5, 5.41) is 7.65. The fourth-order valence-electron chi connectivity index (χ4n) is 4.49. The van der Waals surface area contributed by atoms with E-state index < -0.39 is 12.2 Å². The Kier molecular flexibility index (Phi) is 5.51. The number of piperidine rings is 1. The lowest BCUT2D eigenvalue weighted by Gasteiger charge is -2.39. The lowest BCUT2D eigenvalue weighted by Crippen LogP contribution is -2.45. The van der Waals surface area contributed by atoms with Gasteiger partial charge >= 0.3 is 6.18 Å². The molecule has 0 unspecified atom stereocenters. The van der Waals surface area contributed by atoms with Gasteiger partial charge in [-0.05, 0) is 31.1 Å². The van der Waals surface area contributed by atoms with Crippen LogP contribution in [0.1, 0.15) is 64.2 Å². The maximum atomic E-state index is 13.9. The Labute approximate surface area is 179 Å². The SMILES string of the molecule is CC(C)(C)[C@@H]1C[C@H](C(F)(F)F)n2nc([C@@H]3CCCCN3C(=O)Cn3ccnc3)cc2N1. The number of anilines is 1. The van der Waals surface area contributed by atoms with Crippen LogP contribution in [0.4, 0.5) is 19.0 Å². The van der Waals surface area contributed by atoms with E-state index in [2.05, 4.69) is 15.4 Å². The van der Waals surface area contributed by atoms with Crippen molar-refractivity contribution in [1.29, 1.82) is 0 Å². The molecule has 31 heavy (non-hydrogen) atoms. The van der Waals surface area contributed by atoms with E-state index in [0.717, 1.165) is 17.5 Å². The molecule has 1 N–H and O–H groups in total. The van der Waals surface area contributed by atoms with E-state index in [1.807, 2.05) is 20.8 Å². The van der Waals surface area contributed by atoms with Gasteiger partial charge in [-0.25, -0.2) is 9.67 Å². The average molecular weight is 438 g/mol. The van der Waals surface area contributed by atoms with Crippen LogP contribution >= 0.6 is 0 Å². The van der Waals surface area contributed by atoms with E-state index in [1.54, 1.807) is 34.3 Å². The molecule has 0 bridgehead atoms. The van der Waals surface area contributed by atoms with Crippen molar-refractivity contribution in [2.75, 3.05) is 11.9 Å². The van der Waals surface area contributed by atoms with E-state index in [0.29, 0.717) is 24.5 Å². The first-order chi connectivity index (χ1) is 14.5. The summed E-state index contributed by atoms with van der Waals surface area (Å²) in [6.07, 6.45) is 2.90. The van der Waals surface area contributed by atoms with Gasteiger partial charge in [-0.2, -0.15) is 18.3 Å². The number of hydrogen-bond acceptors (Lipinski definition) is 4. The standard InChI is InChI=1S/C21H29F3N6O/c1-20(2,3)16-11-17(21(22,23)24)30-18(26-16)10-14(27-30)15-6-4-5-8-29(15)19(31)12-28-9-7-25-13-28/h7,9-10,13,15-17,26H,4-6,8,11-12H2,1-3H3/t15-,16-,17+/m0/s1.